The molecule has 1 heterocycles. The highest BCUT2D eigenvalue weighted by molar-refractivity contribution is 7.92. The van der Waals surface area contributed by atoms with Crippen LogP contribution in [-0.2, 0) is 24.8 Å². The fourth-order valence-electron chi connectivity index (χ4n) is 2.48. The Labute approximate surface area is 194 Å². The van der Waals surface area contributed by atoms with Gasteiger partial charge in [-0.25, -0.2) is 22.0 Å². The Bertz CT molecular complexity index is 1490. The highest BCUT2D eigenvalue weighted by Gasteiger charge is 2.17. The van der Waals surface area contributed by atoms with Gasteiger partial charge in [-0.15, -0.1) is 0 Å². The van der Waals surface area contributed by atoms with Gasteiger partial charge in [0.2, 0.25) is 15.7 Å². The van der Waals surface area contributed by atoms with E-state index in [-0.39, 0.29) is 21.3 Å². The van der Waals surface area contributed by atoms with Gasteiger partial charge in [0, 0.05) is 11.8 Å². The molecule has 0 aliphatic rings. The quantitative estimate of drug-likeness (QED) is 0.258. The monoisotopic (exact) mass is 503 g/mol. The average molecular weight is 504 g/mol. The lowest BCUT2D eigenvalue weighted by molar-refractivity contribution is -0.110. The number of carbonyl (C=O) groups excluding carboxylic acids is 1. The number of sulfonamides is 2. The van der Waals surface area contributed by atoms with E-state index in [0.717, 1.165) is 0 Å². The van der Waals surface area contributed by atoms with Gasteiger partial charge in [-0.1, -0.05) is 5.16 Å². The lowest BCUT2D eigenvalue weighted by atomic mass is 10.3. The summed E-state index contributed by atoms with van der Waals surface area (Å²) < 4.78 is 54.4. The molecule has 0 fully saturated rings. The van der Waals surface area contributed by atoms with Crippen LogP contribution in [0.25, 0.3) is 0 Å². The summed E-state index contributed by atoms with van der Waals surface area (Å²) in [6.07, 6.45) is 0. The van der Waals surface area contributed by atoms with Crippen molar-refractivity contribution in [1.29, 1.82) is 5.26 Å². The number of rotatable bonds is 8. The first-order chi connectivity index (χ1) is 16.0. The Morgan fingerprint density at radius 3 is 2.15 bits per heavy atom. The maximum Gasteiger partial charge on any atom is 0.287 e. The van der Waals surface area contributed by atoms with Crippen LogP contribution in [0.1, 0.15) is 5.76 Å². The number of hydrazone groups is 1. The lowest BCUT2D eigenvalue weighted by Crippen LogP contribution is -2.22. The van der Waals surface area contributed by atoms with Gasteiger partial charge >= 0.3 is 0 Å². The number of hydrogen-bond donors (Lipinski definition) is 4. The lowest BCUT2D eigenvalue weighted by Gasteiger charge is -2.07. The van der Waals surface area contributed by atoms with Crippen LogP contribution in [-0.4, -0.2) is 33.6 Å². The highest BCUT2D eigenvalue weighted by Crippen LogP contribution is 2.18. The molecule has 34 heavy (non-hydrogen) atoms. The normalized spacial score (nSPS) is 12.0. The zero-order valence-corrected chi connectivity index (χ0v) is 19.0. The molecule has 0 spiro atoms. The van der Waals surface area contributed by atoms with E-state index in [0.29, 0.717) is 11.4 Å². The minimum atomic E-state index is -3.91. The Balaban J connectivity index is 1.66. The zero-order valence-electron chi connectivity index (χ0n) is 17.4. The molecule has 0 aliphatic heterocycles. The predicted molar refractivity (Wildman–Crippen MR) is 122 cm³/mol. The number of nitriles is 1. The predicted octanol–water partition coefficient (Wildman–Crippen LogP) is 1.36. The van der Waals surface area contributed by atoms with Crippen molar-refractivity contribution in [3.8, 4) is 6.07 Å². The Kier molecular flexibility index (Phi) is 6.96. The van der Waals surface area contributed by atoms with Gasteiger partial charge in [0.25, 0.3) is 15.9 Å². The molecule has 5 N–H and O–H groups in total. The minimum Gasteiger partial charge on any atom is -0.360 e. The molecule has 0 saturated heterocycles. The summed E-state index contributed by atoms with van der Waals surface area (Å²) in [5, 5.41) is 23.9. The van der Waals surface area contributed by atoms with Crippen LogP contribution in [0.2, 0.25) is 0 Å². The topological polar surface area (TPSA) is 210 Å². The van der Waals surface area contributed by atoms with Crippen LogP contribution >= 0.6 is 0 Å². The molecule has 0 unspecified atom stereocenters. The van der Waals surface area contributed by atoms with Crippen molar-refractivity contribution in [1.82, 2.24) is 5.16 Å². The van der Waals surface area contributed by atoms with Gasteiger partial charge in [0.15, 0.2) is 5.82 Å². The summed E-state index contributed by atoms with van der Waals surface area (Å²) in [6.45, 7) is 1.62. The van der Waals surface area contributed by atoms with Crippen LogP contribution in [0.4, 0.5) is 17.2 Å². The van der Waals surface area contributed by atoms with Crippen LogP contribution in [0.15, 0.2) is 74.0 Å². The minimum absolute atomic E-state index is 0.0354. The van der Waals surface area contributed by atoms with Gasteiger partial charge in [-0.2, -0.15) is 10.4 Å². The third-order valence-electron chi connectivity index (χ3n) is 4.09. The number of aromatic nitrogens is 1. The maximum atomic E-state index is 12.4. The number of aryl methyl sites for hydroxylation is 1. The van der Waals surface area contributed by atoms with E-state index in [1.807, 2.05) is 0 Å². The number of anilines is 3. The Morgan fingerprint density at radius 1 is 1.03 bits per heavy atom. The summed E-state index contributed by atoms with van der Waals surface area (Å²) in [7, 11) is -7.79. The van der Waals surface area contributed by atoms with E-state index in [1.54, 1.807) is 13.0 Å². The zero-order chi connectivity index (χ0) is 24.9. The summed E-state index contributed by atoms with van der Waals surface area (Å²) in [5.74, 6) is -0.383. The standard InChI is InChI=1S/C19H17N7O6S2/c1-12-10-18(25-32-12)26-34(30,31)16-8-4-14(5-9-16)23-24-17(11-20)19(27)22-13-2-6-15(7-3-13)33(21,28)29/h2-10,23H,1H3,(H,22,27)(H,25,26)(H2,21,28,29)/b24-17+. The number of hydrogen-bond acceptors (Lipinski definition) is 10. The van der Waals surface area contributed by atoms with Crippen LogP contribution in [0, 0.1) is 18.3 Å². The molecule has 0 aliphatic carbocycles. The second-order valence-corrected chi connectivity index (χ2v) is 9.90. The number of benzene rings is 2. The molecule has 2 aromatic carbocycles. The van der Waals surface area contributed by atoms with Crippen molar-refractivity contribution in [3.63, 3.8) is 0 Å². The molecular weight excluding hydrogens is 486 g/mol. The highest BCUT2D eigenvalue weighted by atomic mass is 32.2. The van der Waals surface area contributed by atoms with Crippen LogP contribution in [0.5, 0.6) is 0 Å². The summed E-state index contributed by atoms with van der Waals surface area (Å²) in [5.41, 5.74) is 2.47. The van der Waals surface area contributed by atoms with Crippen LogP contribution < -0.4 is 20.6 Å². The molecule has 176 valence electrons. The summed E-state index contributed by atoms with van der Waals surface area (Å²) in [6, 6.07) is 13.4. The Morgan fingerprint density at radius 2 is 1.62 bits per heavy atom. The van der Waals surface area contributed by atoms with Crippen molar-refractivity contribution in [2.45, 2.75) is 16.7 Å². The Hall–Kier alpha value is -4.26. The van der Waals surface area contributed by atoms with Gasteiger partial charge < -0.3 is 9.84 Å². The molecule has 0 radical (unpaired) electrons. The molecule has 0 saturated carbocycles. The molecule has 3 aromatic rings. The molecule has 3 rings (SSSR count). The van der Waals surface area contributed by atoms with Crippen LogP contribution in [0.3, 0.4) is 0 Å². The number of amides is 1. The van der Waals surface area contributed by atoms with Gasteiger partial charge in [-0.3, -0.25) is 14.9 Å². The number of carbonyl (C=O) groups is 1. The van der Waals surface area contributed by atoms with Crippen molar-refractivity contribution < 1.29 is 26.2 Å². The van der Waals surface area contributed by atoms with E-state index >= 15 is 0 Å². The smallest absolute Gasteiger partial charge is 0.287 e. The van der Waals surface area contributed by atoms with Crippen molar-refractivity contribution >= 4 is 48.9 Å². The molecule has 1 amide bonds. The maximum absolute atomic E-state index is 12.4. The third-order valence-corrected chi connectivity index (χ3v) is 6.39. The van der Waals surface area contributed by atoms with Gasteiger partial charge in [0.1, 0.15) is 11.8 Å². The largest absolute Gasteiger partial charge is 0.360 e. The molecule has 0 atom stereocenters. The summed E-state index contributed by atoms with van der Waals surface area (Å²) >= 11 is 0. The molecule has 1 aromatic heterocycles. The number of primary sulfonamides is 1. The van der Waals surface area contributed by atoms with E-state index < -0.39 is 31.7 Å². The first-order valence-corrected chi connectivity index (χ1v) is 12.2. The number of nitrogens with two attached hydrogens (primary N) is 1. The second-order valence-electron chi connectivity index (χ2n) is 6.66. The van der Waals surface area contributed by atoms with E-state index in [1.165, 1.54) is 54.6 Å². The molecule has 0 bridgehead atoms. The van der Waals surface area contributed by atoms with Crippen molar-refractivity contribution in [2.24, 2.45) is 10.2 Å². The number of nitrogens with zero attached hydrogens (tertiary/aromatic N) is 3. The van der Waals surface area contributed by atoms with E-state index in [4.69, 9.17) is 9.66 Å². The first kappa shape index (κ1) is 24.4. The SMILES string of the molecule is Cc1cc(NS(=O)(=O)c2ccc(N/N=C(\C#N)C(=O)Nc3ccc(S(N)(=O)=O)cc3)cc2)no1. The number of nitrogens with one attached hydrogen (secondary N) is 3. The van der Waals surface area contributed by atoms with E-state index in [9.17, 15) is 26.9 Å². The fraction of sp³-hybridized carbons (Fsp3) is 0.0526. The van der Waals surface area contributed by atoms with Gasteiger partial charge in [0.05, 0.1) is 15.5 Å². The van der Waals surface area contributed by atoms with Gasteiger partial charge in [-0.05, 0) is 55.5 Å². The first-order valence-electron chi connectivity index (χ1n) is 9.22. The third kappa shape index (κ3) is 6.16. The average Bonchev–Trinajstić information content (AvgIpc) is 3.18. The van der Waals surface area contributed by atoms with E-state index in [2.05, 4.69) is 25.7 Å². The fourth-order valence-corrected chi connectivity index (χ4v) is 3.98. The molecule has 13 nitrogen and oxygen atoms in total. The summed E-state index contributed by atoms with van der Waals surface area (Å²) in [4.78, 5) is 12.1. The second kappa shape index (κ2) is 9.70. The molecule has 15 heteroatoms. The van der Waals surface area contributed by atoms with Crippen molar-refractivity contribution in [3.05, 3.63) is 60.4 Å². The molecular formula is C19H17N7O6S2. The van der Waals surface area contributed by atoms with Crippen molar-refractivity contribution in [2.75, 3.05) is 15.5 Å².